The van der Waals surface area contributed by atoms with Crippen LogP contribution in [-0.4, -0.2) is 34.7 Å². The standard InChI is InChI=1S/C17H24N2OS/c18-14-7-6-12-19(13-14)16(20)17(10-4-5-11-17)21-15-8-2-1-3-9-15/h1-3,8-9,14H,4-7,10-13,18H2. The fourth-order valence-corrected chi connectivity index (χ4v) is 4.96. The molecule has 0 spiro atoms. The van der Waals surface area contributed by atoms with Crippen LogP contribution in [0.25, 0.3) is 0 Å². The van der Waals surface area contributed by atoms with Gasteiger partial charge in [0.25, 0.3) is 0 Å². The number of likely N-dealkylation sites (tertiary alicyclic amines) is 1. The van der Waals surface area contributed by atoms with Crippen molar-refractivity contribution in [3.8, 4) is 0 Å². The third-order valence-corrected chi connectivity index (χ3v) is 6.08. The average Bonchev–Trinajstić information content (AvgIpc) is 2.97. The molecule has 2 fully saturated rings. The van der Waals surface area contributed by atoms with Crippen molar-refractivity contribution >= 4 is 17.7 Å². The molecule has 1 aromatic carbocycles. The fourth-order valence-electron chi connectivity index (χ4n) is 3.50. The van der Waals surface area contributed by atoms with E-state index in [1.165, 1.54) is 4.90 Å². The lowest BCUT2D eigenvalue weighted by molar-refractivity contribution is -0.134. The van der Waals surface area contributed by atoms with Crippen LogP contribution in [0.4, 0.5) is 0 Å². The molecule has 0 aromatic heterocycles. The molecule has 3 nitrogen and oxygen atoms in total. The molecule has 0 bridgehead atoms. The summed E-state index contributed by atoms with van der Waals surface area (Å²) in [5.74, 6) is 0.323. The highest BCUT2D eigenvalue weighted by Gasteiger charge is 2.45. The Morgan fingerprint density at radius 1 is 1.19 bits per heavy atom. The van der Waals surface area contributed by atoms with Crippen LogP contribution in [0.15, 0.2) is 35.2 Å². The second-order valence-electron chi connectivity index (χ2n) is 6.27. The van der Waals surface area contributed by atoms with Crippen molar-refractivity contribution in [2.45, 2.75) is 54.2 Å². The van der Waals surface area contributed by atoms with Crippen LogP contribution in [0.2, 0.25) is 0 Å². The zero-order valence-electron chi connectivity index (χ0n) is 12.5. The summed E-state index contributed by atoms with van der Waals surface area (Å²) in [6, 6.07) is 10.5. The summed E-state index contributed by atoms with van der Waals surface area (Å²) in [5, 5.41) is 0. The highest BCUT2D eigenvalue weighted by Crippen LogP contribution is 2.46. The van der Waals surface area contributed by atoms with Gasteiger partial charge in [-0.3, -0.25) is 4.79 Å². The Bertz CT molecular complexity index is 485. The van der Waals surface area contributed by atoms with Gasteiger partial charge in [0.1, 0.15) is 0 Å². The van der Waals surface area contributed by atoms with Gasteiger partial charge in [-0.05, 0) is 37.8 Å². The molecule has 2 N–H and O–H groups in total. The van der Waals surface area contributed by atoms with Crippen molar-refractivity contribution in [2.75, 3.05) is 13.1 Å². The molecule has 1 saturated heterocycles. The molecule has 2 aliphatic rings. The molecule has 1 heterocycles. The van der Waals surface area contributed by atoms with E-state index in [-0.39, 0.29) is 10.8 Å². The summed E-state index contributed by atoms with van der Waals surface area (Å²) < 4.78 is -0.252. The monoisotopic (exact) mass is 304 g/mol. The topological polar surface area (TPSA) is 46.3 Å². The highest BCUT2D eigenvalue weighted by molar-refractivity contribution is 8.01. The number of amides is 1. The van der Waals surface area contributed by atoms with Gasteiger partial charge in [0, 0.05) is 24.0 Å². The number of rotatable bonds is 3. The van der Waals surface area contributed by atoms with E-state index < -0.39 is 0 Å². The van der Waals surface area contributed by atoms with Gasteiger partial charge in [0.15, 0.2) is 0 Å². The third-order valence-electron chi connectivity index (χ3n) is 4.60. The van der Waals surface area contributed by atoms with E-state index in [2.05, 4.69) is 12.1 Å². The minimum atomic E-state index is -0.252. The molecular formula is C17H24N2OS. The zero-order valence-corrected chi connectivity index (χ0v) is 13.3. The first kappa shape index (κ1) is 14.9. The van der Waals surface area contributed by atoms with E-state index in [0.717, 1.165) is 51.6 Å². The molecule has 1 aromatic rings. The number of hydrogen-bond donors (Lipinski definition) is 1. The van der Waals surface area contributed by atoms with E-state index in [9.17, 15) is 4.79 Å². The van der Waals surface area contributed by atoms with Crippen molar-refractivity contribution in [3.05, 3.63) is 30.3 Å². The summed E-state index contributed by atoms with van der Waals surface area (Å²) in [6.45, 7) is 1.61. The van der Waals surface area contributed by atoms with E-state index in [0.29, 0.717) is 5.91 Å². The predicted molar refractivity (Wildman–Crippen MR) is 87.3 cm³/mol. The number of nitrogens with two attached hydrogens (primary N) is 1. The summed E-state index contributed by atoms with van der Waals surface area (Å²) >= 11 is 1.77. The van der Waals surface area contributed by atoms with Crippen molar-refractivity contribution in [3.63, 3.8) is 0 Å². The number of nitrogens with zero attached hydrogens (tertiary/aromatic N) is 1. The van der Waals surface area contributed by atoms with E-state index in [1.54, 1.807) is 11.8 Å². The second-order valence-corrected chi connectivity index (χ2v) is 7.73. The lowest BCUT2D eigenvalue weighted by Crippen LogP contribution is -2.52. The van der Waals surface area contributed by atoms with Gasteiger partial charge >= 0.3 is 0 Å². The Morgan fingerprint density at radius 3 is 2.57 bits per heavy atom. The third kappa shape index (κ3) is 3.27. The Balaban J connectivity index is 1.78. The number of carbonyl (C=O) groups excluding carboxylic acids is 1. The molecule has 4 heteroatoms. The maximum Gasteiger partial charge on any atom is 0.239 e. The minimum absolute atomic E-state index is 0.155. The number of thioether (sulfide) groups is 1. The largest absolute Gasteiger partial charge is 0.340 e. The predicted octanol–water partition coefficient (Wildman–Crippen LogP) is 3.04. The molecule has 1 unspecified atom stereocenters. The number of hydrogen-bond acceptors (Lipinski definition) is 3. The molecule has 1 aliphatic carbocycles. The van der Waals surface area contributed by atoms with E-state index in [4.69, 9.17) is 5.73 Å². The quantitative estimate of drug-likeness (QED) is 0.933. The van der Waals surface area contributed by atoms with Crippen LogP contribution in [0.3, 0.4) is 0 Å². The first-order valence-electron chi connectivity index (χ1n) is 7.99. The lowest BCUT2D eigenvalue weighted by Gasteiger charge is -2.37. The van der Waals surface area contributed by atoms with Crippen molar-refractivity contribution in [1.82, 2.24) is 4.90 Å². The fraction of sp³-hybridized carbons (Fsp3) is 0.588. The second kappa shape index (κ2) is 6.41. The van der Waals surface area contributed by atoms with Crippen LogP contribution in [-0.2, 0) is 4.79 Å². The van der Waals surface area contributed by atoms with Crippen LogP contribution in [0, 0.1) is 0 Å². The summed E-state index contributed by atoms with van der Waals surface area (Å²) in [7, 11) is 0. The van der Waals surface area contributed by atoms with Crippen LogP contribution >= 0.6 is 11.8 Å². The van der Waals surface area contributed by atoms with E-state index >= 15 is 0 Å². The maximum absolute atomic E-state index is 13.1. The molecule has 0 radical (unpaired) electrons. The van der Waals surface area contributed by atoms with E-state index in [1.807, 2.05) is 23.1 Å². The summed E-state index contributed by atoms with van der Waals surface area (Å²) in [6.07, 6.45) is 6.40. The first-order valence-corrected chi connectivity index (χ1v) is 8.80. The molecular weight excluding hydrogens is 280 g/mol. The first-order chi connectivity index (χ1) is 10.2. The molecule has 3 rings (SSSR count). The number of benzene rings is 1. The van der Waals surface area contributed by atoms with Crippen LogP contribution in [0.5, 0.6) is 0 Å². The van der Waals surface area contributed by atoms with Gasteiger partial charge in [0.2, 0.25) is 5.91 Å². The zero-order chi connectivity index (χ0) is 14.7. The molecule has 21 heavy (non-hydrogen) atoms. The van der Waals surface area contributed by atoms with Crippen LogP contribution in [0.1, 0.15) is 38.5 Å². The average molecular weight is 304 g/mol. The smallest absolute Gasteiger partial charge is 0.239 e. The Hall–Kier alpha value is -1.00. The van der Waals surface area contributed by atoms with Crippen LogP contribution < -0.4 is 5.73 Å². The van der Waals surface area contributed by atoms with Gasteiger partial charge in [-0.1, -0.05) is 31.0 Å². The molecule has 1 amide bonds. The van der Waals surface area contributed by atoms with Gasteiger partial charge in [-0.25, -0.2) is 0 Å². The number of carbonyl (C=O) groups is 1. The van der Waals surface area contributed by atoms with Crippen molar-refractivity contribution < 1.29 is 4.79 Å². The highest BCUT2D eigenvalue weighted by atomic mass is 32.2. The Morgan fingerprint density at radius 2 is 1.90 bits per heavy atom. The molecule has 1 atom stereocenters. The normalized spacial score (nSPS) is 25.0. The summed E-state index contributed by atoms with van der Waals surface area (Å²) in [5.41, 5.74) is 6.06. The maximum atomic E-state index is 13.1. The molecule has 114 valence electrons. The SMILES string of the molecule is NC1CCCN(C(=O)C2(Sc3ccccc3)CCCC2)C1. The van der Waals surface area contributed by atoms with Gasteiger partial charge in [-0.2, -0.15) is 0 Å². The number of piperidine rings is 1. The van der Waals surface area contributed by atoms with Gasteiger partial charge in [-0.15, -0.1) is 11.8 Å². The molecule has 1 aliphatic heterocycles. The lowest BCUT2D eigenvalue weighted by atomic mass is 10.0. The minimum Gasteiger partial charge on any atom is -0.340 e. The van der Waals surface area contributed by atoms with Crippen molar-refractivity contribution in [2.24, 2.45) is 5.73 Å². The molecule has 1 saturated carbocycles. The van der Waals surface area contributed by atoms with Crippen molar-refractivity contribution in [1.29, 1.82) is 0 Å². The Kier molecular flexibility index (Phi) is 4.55. The Labute approximate surface area is 131 Å². The van der Waals surface area contributed by atoms with Gasteiger partial charge < -0.3 is 10.6 Å². The summed E-state index contributed by atoms with van der Waals surface area (Å²) in [4.78, 5) is 16.3. The van der Waals surface area contributed by atoms with Gasteiger partial charge in [0.05, 0.1) is 4.75 Å².